The minimum Gasteiger partial charge on any atom is -0.406 e. The second-order valence-electron chi connectivity index (χ2n) is 1.41. The Kier molecular flexibility index (Phi) is 3.22. The fraction of sp³-hybridized carbons (Fsp3) is 0.200. The third kappa shape index (κ3) is 1.46. The van der Waals surface area contributed by atoms with Crippen LogP contribution in [-0.2, 0) is 32.7 Å². The predicted molar refractivity (Wildman–Crippen MR) is 29.7 cm³/mol. The summed E-state index contributed by atoms with van der Waals surface area (Å²) >= 11 is 0. The third-order valence-electron chi connectivity index (χ3n) is 0.922. The van der Waals surface area contributed by atoms with E-state index < -0.39 is 10.9 Å². The summed E-state index contributed by atoms with van der Waals surface area (Å²) in [5, 5.41) is 2.52. The fourth-order valence-corrected chi connectivity index (χ4v) is 0.454. The van der Waals surface area contributed by atoms with E-state index in [1.165, 1.54) is 0 Å². The van der Waals surface area contributed by atoms with Gasteiger partial charge in [0.25, 0.3) is 0 Å². The van der Waals surface area contributed by atoms with Gasteiger partial charge in [-0.25, -0.2) is 0 Å². The number of hydrogen-bond acceptors (Lipinski definition) is 3. The first-order valence-electron chi connectivity index (χ1n) is 2.16. The van der Waals surface area contributed by atoms with E-state index in [-0.39, 0.29) is 38.4 Å². The molecule has 9 heavy (non-hydrogen) atoms. The molecule has 1 radical (unpaired) electrons. The Labute approximate surface area is 77.0 Å². The normalized spacial score (nSPS) is 8.56. The molecule has 4 heteroatoms. The van der Waals surface area contributed by atoms with Crippen molar-refractivity contribution in [2.24, 2.45) is 0 Å². The Balaban J connectivity index is 0.000000640. The Hall–Kier alpha value is -0.0161. The zero-order chi connectivity index (χ0) is 6.15. The van der Waals surface area contributed by atoms with Crippen LogP contribution < -0.4 is 16.2 Å². The van der Waals surface area contributed by atoms with E-state index in [1.54, 1.807) is 7.05 Å². The minimum atomic E-state index is -0.533. The zero-order valence-corrected chi connectivity index (χ0v) is 7.73. The summed E-state index contributed by atoms with van der Waals surface area (Å²) in [6, 6.07) is 2.26. The van der Waals surface area contributed by atoms with E-state index in [0.29, 0.717) is 0 Å². The quantitative estimate of drug-likeness (QED) is 0.472. The van der Waals surface area contributed by atoms with Crippen molar-refractivity contribution in [1.29, 1.82) is 0 Å². The molecule has 0 amide bonds. The average Bonchev–Trinajstić information content (AvgIpc) is 1.81. The molecule has 0 spiro atoms. The van der Waals surface area contributed by atoms with Gasteiger partial charge < -0.3 is 14.9 Å². The van der Waals surface area contributed by atoms with Crippen molar-refractivity contribution in [3.63, 3.8) is 0 Å². The van der Waals surface area contributed by atoms with E-state index in [1.807, 2.05) is 0 Å². The van der Waals surface area contributed by atoms with Gasteiger partial charge in [0.15, 0.2) is 0 Å². The van der Waals surface area contributed by atoms with E-state index in [9.17, 15) is 9.59 Å². The summed E-state index contributed by atoms with van der Waals surface area (Å²) in [7, 11) is 1.58. The van der Waals surface area contributed by atoms with Gasteiger partial charge in [-0.2, -0.15) is 0 Å². The molecule has 0 heterocycles. The van der Waals surface area contributed by atoms with Crippen molar-refractivity contribution in [2.75, 3.05) is 12.4 Å². The SMILES string of the molecule is CNc1[c-]c(=O)c1=O.[Y]. The molecule has 0 saturated carbocycles. The Morgan fingerprint density at radius 1 is 1.44 bits per heavy atom. The Morgan fingerprint density at radius 3 is 2.11 bits per heavy atom. The average molecular weight is 199 g/mol. The van der Waals surface area contributed by atoms with Crippen LogP contribution in [0.5, 0.6) is 0 Å². The summed E-state index contributed by atoms with van der Waals surface area (Å²) in [4.78, 5) is 20.4. The molecular weight excluding hydrogens is 195 g/mol. The summed E-state index contributed by atoms with van der Waals surface area (Å²) in [5.74, 6) is 0. The van der Waals surface area contributed by atoms with Gasteiger partial charge in [0, 0.05) is 39.8 Å². The predicted octanol–water partition coefficient (Wildman–Crippen LogP) is -0.878. The molecule has 1 aromatic carbocycles. The van der Waals surface area contributed by atoms with Gasteiger partial charge in [-0.1, -0.05) is 0 Å². The van der Waals surface area contributed by atoms with Crippen LogP contribution in [0.2, 0.25) is 0 Å². The molecule has 0 aromatic heterocycles. The maximum Gasteiger partial charge on any atom is 0.132 e. The molecule has 0 saturated heterocycles. The third-order valence-corrected chi connectivity index (χ3v) is 0.922. The van der Waals surface area contributed by atoms with Crippen LogP contribution in [-0.4, -0.2) is 7.05 Å². The van der Waals surface area contributed by atoms with Gasteiger partial charge in [-0.05, 0) is 5.69 Å². The van der Waals surface area contributed by atoms with Gasteiger partial charge in [-0.3, -0.25) is 0 Å². The number of hydrogen-bond donors (Lipinski definition) is 1. The topological polar surface area (TPSA) is 46.2 Å². The van der Waals surface area contributed by atoms with E-state index in [2.05, 4.69) is 11.4 Å². The van der Waals surface area contributed by atoms with Crippen LogP contribution in [0, 0.1) is 6.07 Å². The molecule has 1 rings (SSSR count). The van der Waals surface area contributed by atoms with Crippen LogP contribution in [0.25, 0.3) is 0 Å². The second-order valence-corrected chi connectivity index (χ2v) is 1.41. The summed E-state index contributed by atoms with van der Waals surface area (Å²) < 4.78 is 0. The van der Waals surface area contributed by atoms with Crippen LogP contribution in [0.4, 0.5) is 5.69 Å². The largest absolute Gasteiger partial charge is 0.406 e. The zero-order valence-electron chi connectivity index (χ0n) is 4.89. The molecule has 0 atom stereocenters. The van der Waals surface area contributed by atoms with E-state index in [0.717, 1.165) is 0 Å². The van der Waals surface area contributed by atoms with E-state index in [4.69, 9.17) is 0 Å². The fourth-order valence-electron chi connectivity index (χ4n) is 0.454. The number of rotatable bonds is 1. The molecule has 0 fully saturated rings. The maximum absolute atomic E-state index is 10.3. The maximum atomic E-state index is 10.3. The standard InChI is InChI=1S/C5H4NO2.Y/c1-6-3-2-4(7)5(3)8;/h6H,1H3;/q-1;. The van der Waals surface area contributed by atoms with Gasteiger partial charge in [0.1, 0.15) is 10.9 Å². The molecule has 3 nitrogen and oxygen atoms in total. The molecule has 0 bridgehead atoms. The molecule has 1 aromatic rings. The first-order valence-corrected chi connectivity index (χ1v) is 2.16. The Bertz CT molecular complexity index is 261. The number of nitrogens with one attached hydrogen (secondary N) is 1. The van der Waals surface area contributed by atoms with Crippen molar-refractivity contribution in [1.82, 2.24) is 0 Å². The van der Waals surface area contributed by atoms with Crippen molar-refractivity contribution < 1.29 is 32.7 Å². The van der Waals surface area contributed by atoms with Gasteiger partial charge in [0.05, 0.1) is 0 Å². The van der Waals surface area contributed by atoms with Crippen molar-refractivity contribution in [2.45, 2.75) is 0 Å². The second kappa shape index (κ2) is 3.23. The smallest absolute Gasteiger partial charge is 0.132 e. The van der Waals surface area contributed by atoms with Gasteiger partial charge in [-0.15, -0.1) is 6.07 Å². The van der Waals surface area contributed by atoms with Crippen molar-refractivity contribution >= 4 is 5.69 Å². The molecule has 0 unspecified atom stereocenters. The van der Waals surface area contributed by atoms with E-state index >= 15 is 0 Å². The monoisotopic (exact) mass is 199 g/mol. The summed E-state index contributed by atoms with van der Waals surface area (Å²) in [6.07, 6.45) is 0. The van der Waals surface area contributed by atoms with Crippen LogP contribution in [0.1, 0.15) is 0 Å². The van der Waals surface area contributed by atoms with Crippen molar-refractivity contribution in [3.8, 4) is 0 Å². The van der Waals surface area contributed by atoms with Crippen LogP contribution in [0.15, 0.2) is 9.59 Å². The number of anilines is 1. The summed E-state index contributed by atoms with van der Waals surface area (Å²) in [6.45, 7) is 0. The first kappa shape index (κ1) is 8.98. The molecule has 0 aliphatic heterocycles. The van der Waals surface area contributed by atoms with Crippen LogP contribution in [0.3, 0.4) is 0 Å². The van der Waals surface area contributed by atoms with Gasteiger partial charge in [0.2, 0.25) is 0 Å². The summed E-state index contributed by atoms with van der Waals surface area (Å²) in [5.41, 5.74) is -0.711. The molecule has 0 aliphatic rings. The van der Waals surface area contributed by atoms with Crippen molar-refractivity contribution in [3.05, 3.63) is 26.5 Å². The Morgan fingerprint density at radius 2 is 2.00 bits per heavy atom. The molecule has 1 N–H and O–H groups in total. The van der Waals surface area contributed by atoms with Crippen LogP contribution >= 0.6 is 0 Å². The molecule has 45 valence electrons. The first-order chi connectivity index (χ1) is 3.75. The van der Waals surface area contributed by atoms with Gasteiger partial charge >= 0.3 is 0 Å². The molecule has 0 aliphatic carbocycles. The molecular formula is C5H4NO2Y-. The minimum absolute atomic E-state index is 0.